The van der Waals surface area contributed by atoms with Crippen LogP contribution in [-0.4, -0.2) is 23.2 Å². The SMILES string of the molecule is CCOP(=O)(OCC)C(Nc1ncnc2sc(Br)cc12)c1ccccc1. The Morgan fingerprint density at radius 1 is 1.19 bits per heavy atom. The topological polar surface area (TPSA) is 73.3 Å². The lowest BCUT2D eigenvalue weighted by atomic mass is 10.2. The van der Waals surface area contributed by atoms with Crippen LogP contribution in [0.2, 0.25) is 0 Å². The minimum atomic E-state index is -3.47. The van der Waals surface area contributed by atoms with Crippen molar-refractivity contribution in [2.75, 3.05) is 18.5 Å². The molecule has 0 aliphatic heterocycles. The maximum atomic E-state index is 13.5. The van der Waals surface area contributed by atoms with E-state index < -0.39 is 13.4 Å². The molecule has 1 unspecified atom stereocenters. The van der Waals surface area contributed by atoms with Gasteiger partial charge < -0.3 is 14.4 Å². The first-order valence-electron chi connectivity index (χ1n) is 8.17. The van der Waals surface area contributed by atoms with Crippen LogP contribution in [0.5, 0.6) is 0 Å². The van der Waals surface area contributed by atoms with E-state index in [4.69, 9.17) is 9.05 Å². The highest BCUT2D eigenvalue weighted by molar-refractivity contribution is 9.11. The van der Waals surface area contributed by atoms with Crippen LogP contribution in [0.3, 0.4) is 0 Å². The molecule has 0 saturated carbocycles. The Bertz CT molecular complexity index is 912. The smallest absolute Gasteiger partial charge is 0.352 e. The average Bonchev–Trinajstić information content (AvgIpc) is 3.01. The molecule has 138 valence electrons. The Morgan fingerprint density at radius 2 is 1.88 bits per heavy atom. The summed E-state index contributed by atoms with van der Waals surface area (Å²) in [5.74, 6) is -0.0918. The highest BCUT2D eigenvalue weighted by Gasteiger charge is 2.37. The minimum Gasteiger partial charge on any atom is -0.352 e. The summed E-state index contributed by atoms with van der Waals surface area (Å²) in [5.41, 5.74) is 0.804. The average molecular weight is 456 g/mol. The molecule has 3 rings (SSSR count). The maximum Gasteiger partial charge on any atom is 0.357 e. The normalized spacial score (nSPS) is 13.0. The van der Waals surface area contributed by atoms with E-state index in [0.29, 0.717) is 5.82 Å². The number of halogens is 1. The lowest BCUT2D eigenvalue weighted by Gasteiger charge is -2.28. The lowest BCUT2D eigenvalue weighted by molar-refractivity contribution is 0.214. The number of nitrogens with zero attached hydrogens (tertiary/aromatic N) is 2. The van der Waals surface area contributed by atoms with Crippen LogP contribution in [0, 0.1) is 0 Å². The third kappa shape index (κ3) is 4.15. The molecule has 0 fully saturated rings. The van der Waals surface area contributed by atoms with E-state index in [2.05, 4.69) is 31.2 Å². The number of rotatable bonds is 8. The second kappa shape index (κ2) is 8.59. The number of aromatic nitrogens is 2. The van der Waals surface area contributed by atoms with Crippen molar-refractivity contribution in [2.24, 2.45) is 0 Å². The maximum absolute atomic E-state index is 13.5. The Kier molecular flexibility index (Phi) is 6.42. The zero-order valence-electron chi connectivity index (χ0n) is 14.4. The van der Waals surface area contributed by atoms with Crippen LogP contribution in [0.25, 0.3) is 10.2 Å². The number of hydrogen-bond donors (Lipinski definition) is 1. The van der Waals surface area contributed by atoms with Gasteiger partial charge in [0.2, 0.25) is 0 Å². The van der Waals surface area contributed by atoms with Gasteiger partial charge in [0, 0.05) is 0 Å². The number of nitrogens with one attached hydrogen (secondary N) is 1. The minimum absolute atomic E-state index is 0.283. The Morgan fingerprint density at radius 3 is 2.54 bits per heavy atom. The third-order valence-corrected chi connectivity index (χ3v) is 7.46. The lowest BCUT2D eigenvalue weighted by Crippen LogP contribution is -2.16. The standard InChI is InChI=1S/C17H19BrN3O3PS/c1-3-23-25(22,24-4-2)16(12-8-6-5-7-9-12)21-15-13-10-14(18)26-17(13)20-11-19-15/h5-11,16H,3-4H2,1-2H3,(H,19,20,21). The first-order valence-corrected chi connectivity index (χ1v) is 11.4. The molecule has 6 nitrogen and oxygen atoms in total. The van der Waals surface area contributed by atoms with Crippen molar-refractivity contribution in [3.05, 3.63) is 52.1 Å². The van der Waals surface area contributed by atoms with E-state index in [0.717, 1.165) is 19.6 Å². The highest BCUT2D eigenvalue weighted by Crippen LogP contribution is 2.60. The van der Waals surface area contributed by atoms with Crippen LogP contribution in [0.15, 0.2) is 46.5 Å². The molecular weight excluding hydrogens is 437 g/mol. The molecule has 0 spiro atoms. The van der Waals surface area contributed by atoms with E-state index in [1.807, 2.05) is 36.4 Å². The van der Waals surface area contributed by atoms with Crippen LogP contribution in [-0.2, 0) is 13.6 Å². The predicted molar refractivity (Wildman–Crippen MR) is 109 cm³/mol. The van der Waals surface area contributed by atoms with Gasteiger partial charge >= 0.3 is 7.60 Å². The Balaban J connectivity index is 2.07. The monoisotopic (exact) mass is 455 g/mol. The van der Waals surface area contributed by atoms with Crippen molar-refractivity contribution in [2.45, 2.75) is 19.6 Å². The van der Waals surface area contributed by atoms with Gasteiger partial charge in [-0.25, -0.2) is 9.97 Å². The molecule has 26 heavy (non-hydrogen) atoms. The molecule has 1 aromatic carbocycles. The van der Waals surface area contributed by atoms with Crippen LogP contribution >= 0.6 is 34.9 Å². The van der Waals surface area contributed by atoms with Gasteiger partial charge in [0.05, 0.1) is 22.4 Å². The third-order valence-electron chi connectivity index (χ3n) is 3.62. The zero-order valence-corrected chi connectivity index (χ0v) is 17.7. The largest absolute Gasteiger partial charge is 0.357 e. The van der Waals surface area contributed by atoms with Gasteiger partial charge in [0.25, 0.3) is 0 Å². The van der Waals surface area contributed by atoms with Crippen molar-refractivity contribution < 1.29 is 13.6 Å². The first kappa shape index (κ1) is 19.5. The van der Waals surface area contributed by atoms with E-state index >= 15 is 0 Å². The number of anilines is 1. The molecule has 0 radical (unpaired) electrons. The molecule has 3 aromatic rings. The Hall–Kier alpha value is -1.31. The summed E-state index contributed by atoms with van der Waals surface area (Å²) in [5, 5.41) is 4.14. The second-order valence-corrected chi connectivity index (χ2v) is 9.85. The molecule has 0 aliphatic rings. The zero-order chi connectivity index (χ0) is 18.6. The van der Waals surface area contributed by atoms with Crippen molar-refractivity contribution in [1.29, 1.82) is 0 Å². The fraction of sp³-hybridized carbons (Fsp3) is 0.294. The summed E-state index contributed by atoms with van der Waals surface area (Å²) in [6.45, 7) is 4.16. The summed E-state index contributed by atoms with van der Waals surface area (Å²) >= 11 is 4.99. The molecule has 0 aliphatic carbocycles. The molecule has 1 atom stereocenters. The van der Waals surface area contributed by atoms with Gasteiger partial charge in [0.15, 0.2) is 5.78 Å². The molecule has 0 saturated heterocycles. The molecule has 2 heterocycles. The second-order valence-electron chi connectivity index (χ2n) is 5.32. The van der Waals surface area contributed by atoms with Gasteiger partial charge in [-0.1, -0.05) is 30.3 Å². The predicted octanol–water partition coefficient (Wildman–Crippen LogP) is 5.83. The summed E-state index contributed by atoms with van der Waals surface area (Å²) in [4.78, 5) is 9.47. The van der Waals surface area contributed by atoms with E-state index in [-0.39, 0.29) is 13.2 Å². The molecule has 1 N–H and O–H groups in total. The Labute approximate surface area is 164 Å². The first-order chi connectivity index (χ1) is 12.6. The number of thiophene rings is 1. The quantitative estimate of drug-likeness (QED) is 0.430. The fourth-order valence-corrected chi connectivity index (χ4v) is 5.92. The van der Waals surface area contributed by atoms with Gasteiger partial charge in [0.1, 0.15) is 17.0 Å². The molecular formula is C17H19BrN3O3PS. The highest BCUT2D eigenvalue weighted by atomic mass is 79.9. The molecule has 9 heteroatoms. The number of benzene rings is 1. The van der Waals surface area contributed by atoms with Gasteiger partial charge in [-0.05, 0) is 41.4 Å². The van der Waals surface area contributed by atoms with Crippen molar-refractivity contribution in [3.63, 3.8) is 0 Å². The summed E-state index contributed by atoms with van der Waals surface area (Å²) in [6.07, 6.45) is 1.49. The van der Waals surface area contributed by atoms with E-state index in [9.17, 15) is 4.57 Å². The van der Waals surface area contributed by atoms with Crippen LogP contribution in [0.1, 0.15) is 25.2 Å². The molecule has 0 bridgehead atoms. The van der Waals surface area contributed by atoms with E-state index in [1.54, 1.807) is 13.8 Å². The van der Waals surface area contributed by atoms with Crippen molar-refractivity contribution in [3.8, 4) is 0 Å². The summed E-state index contributed by atoms with van der Waals surface area (Å²) < 4.78 is 25.6. The number of fused-ring (bicyclic) bond motifs is 1. The summed E-state index contributed by atoms with van der Waals surface area (Å²) in [7, 11) is -3.47. The van der Waals surface area contributed by atoms with Crippen molar-refractivity contribution >= 4 is 50.9 Å². The molecule has 0 amide bonds. The summed E-state index contributed by atoms with van der Waals surface area (Å²) in [6, 6.07) is 11.4. The van der Waals surface area contributed by atoms with Crippen molar-refractivity contribution in [1.82, 2.24) is 9.97 Å². The van der Waals surface area contributed by atoms with Gasteiger partial charge in [-0.15, -0.1) is 11.3 Å². The van der Waals surface area contributed by atoms with Crippen LogP contribution < -0.4 is 5.32 Å². The van der Waals surface area contributed by atoms with E-state index in [1.165, 1.54) is 17.7 Å². The van der Waals surface area contributed by atoms with Gasteiger partial charge in [-0.3, -0.25) is 4.57 Å². The fourth-order valence-electron chi connectivity index (χ4n) is 2.60. The van der Waals surface area contributed by atoms with Gasteiger partial charge in [-0.2, -0.15) is 0 Å². The number of hydrogen-bond acceptors (Lipinski definition) is 7. The van der Waals surface area contributed by atoms with Crippen LogP contribution in [0.4, 0.5) is 5.82 Å². The molecule has 2 aromatic heterocycles.